The molecule has 106 valence electrons. The van der Waals surface area contributed by atoms with Crippen molar-refractivity contribution in [3.63, 3.8) is 0 Å². The standard InChI is InChI=1S/C15H19N3O2/c16-12-13-14(17-4-8-19-9-5-17)2-1-3-15(13)18-6-10-20-11-7-18/h1-3H,4-11H2. The SMILES string of the molecule is N#Cc1c(N2CCOCC2)cccc1N1CCOCC1. The van der Waals surface area contributed by atoms with Gasteiger partial charge in [0.15, 0.2) is 0 Å². The summed E-state index contributed by atoms with van der Waals surface area (Å²) >= 11 is 0. The highest BCUT2D eigenvalue weighted by molar-refractivity contribution is 5.73. The molecule has 5 heteroatoms. The fraction of sp³-hybridized carbons (Fsp3) is 0.533. The summed E-state index contributed by atoms with van der Waals surface area (Å²) in [6, 6.07) is 8.50. The van der Waals surface area contributed by atoms with Crippen LogP contribution in [-0.4, -0.2) is 52.6 Å². The largest absolute Gasteiger partial charge is 0.378 e. The summed E-state index contributed by atoms with van der Waals surface area (Å²) in [5.41, 5.74) is 2.83. The summed E-state index contributed by atoms with van der Waals surface area (Å²) in [4.78, 5) is 4.48. The first-order valence-corrected chi connectivity index (χ1v) is 7.08. The Kier molecular flexibility index (Phi) is 4.05. The van der Waals surface area contributed by atoms with E-state index in [1.807, 2.05) is 18.2 Å². The molecule has 2 aliphatic rings. The van der Waals surface area contributed by atoms with Crippen molar-refractivity contribution in [1.82, 2.24) is 0 Å². The zero-order valence-corrected chi connectivity index (χ0v) is 11.5. The van der Waals surface area contributed by atoms with Crippen molar-refractivity contribution in [3.8, 4) is 6.07 Å². The number of hydrogen-bond acceptors (Lipinski definition) is 5. The van der Waals surface area contributed by atoms with Gasteiger partial charge < -0.3 is 19.3 Å². The predicted molar refractivity (Wildman–Crippen MR) is 77.2 cm³/mol. The molecule has 0 saturated carbocycles. The highest BCUT2D eigenvalue weighted by Gasteiger charge is 2.20. The van der Waals surface area contributed by atoms with Crippen LogP contribution in [0.3, 0.4) is 0 Å². The molecule has 0 bridgehead atoms. The van der Waals surface area contributed by atoms with E-state index >= 15 is 0 Å². The minimum atomic E-state index is 0.729. The Labute approximate surface area is 119 Å². The number of benzene rings is 1. The van der Waals surface area contributed by atoms with Gasteiger partial charge in [0.1, 0.15) is 6.07 Å². The first kappa shape index (κ1) is 13.2. The fourth-order valence-electron chi connectivity index (χ4n) is 2.78. The predicted octanol–water partition coefficient (Wildman–Crippen LogP) is 1.23. The molecule has 2 saturated heterocycles. The van der Waals surface area contributed by atoms with Crippen LogP contribution in [0, 0.1) is 11.3 Å². The number of morpholine rings is 2. The van der Waals surface area contributed by atoms with Crippen LogP contribution in [0.4, 0.5) is 11.4 Å². The van der Waals surface area contributed by atoms with Crippen LogP contribution in [0.1, 0.15) is 5.56 Å². The third kappa shape index (κ3) is 2.58. The third-order valence-corrected chi connectivity index (χ3v) is 3.84. The van der Waals surface area contributed by atoms with Gasteiger partial charge in [0.25, 0.3) is 0 Å². The molecule has 0 unspecified atom stereocenters. The Bertz CT molecular complexity index is 464. The van der Waals surface area contributed by atoms with Gasteiger partial charge in [-0.2, -0.15) is 5.26 Å². The van der Waals surface area contributed by atoms with E-state index in [1.165, 1.54) is 0 Å². The van der Waals surface area contributed by atoms with Crippen LogP contribution < -0.4 is 9.80 Å². The normalized spacial score (nSPS) is 19.8. The van der Waals surface area contributed by atoms with Gasteiger partial charge in [-0.1, -0.05) is 6.07 Å². The summed E-state index contributed by atoms with van der Waals surface area (Å²) in [7, 11) is 0. The van der Waals surface area contributed by atoms with Gasteiger partial charge in [-0.25, -0.2) is 0 Å². The monoisotopic (exact) mass is 273 g/mol. The maximum Gasteiger partial charge on any atom is 0.104 e. The van der Waals surface area contributed by atoms with Crippen molar-refractivity contribution in [2.45, 2.75) is 0 Å². The minimum Gasteiger partial charge on any atom is -0.378 e. The second kappa shape index (κ2) is 6.12. The topological polar surface area (TPSA) is 48.7 Å². The van der Waals surface area contributed by atoms with Crippen molar-refractivity contribution >= 4 is 11.4 Å². The Morgan fingerprint density at radius 2 is 1.30 bits per heavy atom. The molecule has 0 radical (unpaired) electrons. The van der Waals surface area contributed by atoms with Gasteiger partial charge in [0.05, 0.1) is 43.4 Å². The van der Waals surface area contributed by atoms with Crippen LogP contribution in [0.25, 0.3) is 0 Å². The van der Waals surface area contributed by atoms with Crippen LogP contribution in [0.15, 0.2) is 18.2 Å². The lowest BCUT2D eigenvalue weighted by atomic mass is 10.1. The number of nitrogens with zero attached hydrogens (tertiary/aromatic N) is 3. The van der Waals surface area contributed by atoms with Gasteiger partial charge in [0.2, 0.25) is 0 Å². The molecule has 0 aromatic heterocycles. The first-order chi connectivity index (χ1) is 9.90. The zero-order chi connectivity index (χ0) is 13.8. The lowest BCUT2D eigenvalue weighted by molar-refractivity contribution is 0.122. The molecule has 0 spiro atoms. The number of ether oxygens (including phenoxy) is 2. The molecule has 0 atom stereocenters. The maximum absolute atomic E-state index is 9.59. The summed E-state index contributed by atoms with van der Waals surface area (Å²) in [6.45, 7) is 6.31. The van der Waals surface area contributed by atoms with E-state index in [0.29, 0.717) is 0 Å². The van der Waals surface area contributed by atoms with E-state index in [-0.39, 0.29) is 0 Å². The average Bonchev–Trinajstić information content (AvgIpc) is 2.55. The number of nitriles is 1. The second-order valence-electron chi connectivity index (χ2n) is 4.98. The van der Waals surface area contributed by atoms with Crippen molar-refractivity contribution in [2.75, 3.05) is 62.4 Å². The Hall–Kier alpha value is -1.77. The summed E-state index contributed by atoms with van der Waals surface area (Å²) in [5.74, 6) is 0. The highest BCUT2D eigenvalue weighted by Crippen LogP contribution is 2.30. The van der Waals surface area contributed by atoms with Crippen molar-refractivity contribution in [3.05, 3.63) is 23.8 Å². The first-order valence-electron chi connectivity index (χ1n) is 7.08. The van der Waals surface area contributed by atoms with Crippen LogP contribution in [0.5, 0.6) is 0 Å². The molecule has 3 rings (SSSR count). The van der Waals surface area contributed by atoms with Gasteiger partial charge in [0, 0.05) is 26.2 Å². The second-order valence-corrected chi connectivity index (χ2v) is 4.98. The van der Waals surface area contributed by atoms with E-state index in [4.69, 9.17) is 9.47 Å². The van der Waals surface area contributed by atoms with Gasteiger partial charge in [-0.15, -0.1) is 0 Å². The molecule has 0 amide bonds. The van der Waals surface area contributed by atoms with Crippen LogP contribution in [0.2, 0.25) is 0 Å². The van der Waals surface area contributed by atoms with Crippen LogP contribution in [-0.2, 0) is 9.47 Å². The molecule has 1 aromatic carbocycles. The summed E-state index contributed by atoms with van der Waals surface area (Å²) in [6.07, 6.45) is 0. The van der Waals surface area contributed by atoms with Gasteiger partial charge in [-0.05, 0) is 12.1 Å². The lowest BCUT2D eigenvalue weighted by Crippen LogP contribution is -2.38. The zero-order valence-electron chi connectivity index (χ0n) is 11.5. The molecule has 5 nitrogen and oxygen atoms in total. The van der Waals surface area contributed by atoms with Crippen LogP contribution >= 0.6 is 0 Å². The number of anilines is 2. The van der Waals surface area contributed by atoms with Crippen molar-refractivity contribution in [1.29, 1.82) is 5.26 Å². The number of hydrogen-bond donors (Lipinski definition) is 0. The van der Waals surface area contributed by atoms with E-state index in [2.05, 4.69) is 15.9 Å². The van der Waals surface area contributed by atoms with Gasteiger partial charge in [-0.3, -0.25) is 0 Å². The van der Waals surface area contributed by atoms with Crippen molar-refractivity contribution < 1.29 is 9.47 Å². The van der Waals surface area contributed by atoms with Gasteiger partial charge >= 0.3 is 0 Å². The molecule has 20 heavy (non-hydrogen) atoms. The van der Waals surface area contributed by atoms with E-state index in [0.717, 1.165) is 69.5 Å². The molecule has 2 aliphatic heterocycles. The molecule has 2 fully saturated rings. The summed E-state index contributed by atoms with van der Waals surface area (Å²) < 4.78 is 10.8. The Morgan fingerprint density at radius 3 is 1.70 bits per heavy atom. The minimum absolute atomic E-state index is 0.729. The summed E-state index contributed by atoms with van der Waals surface area (Å²) in [5, 5.41) is 9.59. The Balaban J connectivity index is 1.92. The maximum atomic E-state index is 9.59. The van der Waals surface area contributed by atoms with E-state index < -0.39 is 0 Å². The van der Waals surface area contributed by atoms with E-state index in [1.54, 1.807) is 0 Å². The Morgan fingerprint density at radius 1 is 0.850 bits per heavy atom. The highest BCUT2D eigenvalue weighted by atomic mass is 16.5. The van der Waals surface area contributed by atoms with E-state index in [9.17, 15) is 5.26 Å². The molecular weight excluding hydrogens is 254 g/mol. The quantitative estimate of drug-likeness (QED) is 0.811. The molecule has 1 aromatic rings. The van der Waals surface area contributed by atoms with Crippen molar-refractivity contribution in [2.24, 2.45) is 0 Å². The molecule has 0 aliphatic carbocycles. The lowest BCUT2D eigenvalue weighted by Gasteiger charge is -2.33. The third-order valence-electron chi connectivity index (χ3n) is 3.84. The molecule has 0 N–H and O–H groups in total. The molecule has 2 heterocycles. The smallest absolute Gasteiger partial charge is 0.104 e. The molecular formula is C15H19N3O2. The average molecular weight is 273 g/mol. The number of rotatable bonds is 2. The fourth-order valence-corrected chi connectivity index (χ4v) is 2.78.